The van der Waals surface area contributed by atoms with E-state index in [9.17, 15) is 0 Å². The largest absolute Gasteiger partial charge is 0.496 e. The topological polar surface area (TPSA) is 12.5 Å². The van der Waals surface area contributed by atoms with Crippen molar-refractivity contribution < 1.29 is 4.74 Å². The average Bonchev–Trinajstić information content (AvgIpc) is 3.12. The molecule has 17 heavy (non-hydrogen) atoms. The maximum Gasteiger partial charge on any atom is 0.123 e. The van der Waals surface area contributed by atoms with Crippen LogP contribution in [0, 0.1) is 5.92 Å². The monoisotopic (exact) mass is 253 g/mol. The maximum atomic E-state index is 6.04. The van der Waals surface area contributed by atoms with E-state index in [1.165, 1.54) is 24.9 Å². The number of hydrogen-bond donors (Lipinski definition) is 0. The zero-order valence-electron chi connectivity index (χ0n) is 10.6. The summed E-state index contributed by atoms with van der Waals surface area (Å²) in [5, 5.41) is 0.781. The van der Waals surface area contributed by atoms with E-state index in [0.29, 0.717) is 0 Å². The maximum absolute atomic E-state index is 6.04. The Labute approximate surface area is 109 Å². The minimum absolute atomic E-state index is 0.781. The summed E-state index contributed by atoms with van der Waals surface area (Å²) < 4.78 is 5.38. The van der Waals surface area contributed by atoms with E-state index in [1.807, 2.05) is 18.2 Å². The average molecular weight is 254 g/mol. The van der Waals surface area contributed by atoms with Crippen molar-refractivity contribution in [3.63, 3.8) is 0 Å². The summed E-state index contributed by atoms with van der Waals surface area (Å²) in [4.78, 5) is 2.46. The van der Waals surface area contributed by atoms with Gasteiger partial charge < -0.3 is 4.74 Å². The summed E-state index contributed by atoms with van der Waals surface area (Å²) in [6.45, 7) is 5.41. The highest BCUT2D eigenvalue weighted by Gasteiger charge is 2.24. The van der Waals surface area contributed by atoms with Crippen LogP contribution in [0.4, 0.5) is 0 Å². The number of ether oxygens (including phenoxy) is 1. The third kappa shape index (κ3) is 3.62. The van der Waals surface area contributed by atoms with Crippen molar-refractivity contribution in [3.8, 4) is 5.75 Å². The van der Waals surface area contributed by atoms with E-state index in [2.05, 4.69) is 11.8 Å². The van der Waals surface area contributed by atoms with Crippen molar-refractivity contribution in [3.05, 3.63) is 28.8 Å². The molecule has 2 nitrogen and oxygen atoms in total. The van der Waals surface area contributed by atoms with Crippen molar-refractivity contribution in [1.82, 2.24) is 4.90 Å². The van der Waals surface area contributed by atoms with Gasteiger partial charge in [0.25, 0.3) is 0 Å². The van der Waals surface area contributed by atoms with Crippen molar-refractivity contribution in [2.24, 2.45) is 5.92 Å². The molecule has 3 heteroatoms. The molecular weight excluding hydrogens is 234 g/mol. The molecular formula is C14H20ClNO. The van der Waals surface area contributed by atoms with E-state index in [1.54, 1.807) is 7.11 Å². The molecule has 1 aliphatic rings. The Bertz CT molecular complexity index is 376. The molecule has 1 aromatic rings. The lowest BCUT2D eigenvalue weighted by Crippen LogP contribution is -2.25. The summed E-state index contributed by atoms with van der Waals surface area (Å²) >= 11 is 6.04. The van der Waals surface area contributed by atoms with Crippen LogP contribution in [0.25, 0.3) is 0 Å². The molecule has 0 saturated heterocycles. The Morgan fingerprint density at radius 3 is 2.76 bits per heavy atom. The lowest BCUT2D eigenvalue weighted by atomic mass is 10.2. The highest BCUT2D eigenvalue weighted by Crippen LogP contribution is 2.31. The van der Waals surface area contributed by atoms with E-state index in [4.69, 9.17) is 16.3 Å². The van der Waals surface area contributed by atoms with Crippen molar-refractivity contribution >= 4 is 11.6 Å². The summed E-state index contributed by atoms with van der Waals surface area (Å²) in [7, 11) is 1.71. The van der Waals surface area contributed by atoms with Crippen LogP contribution in [-0.2, 0) is 6.54 Å². The lowest BCUT2D eigenvalue weighted by Gasteiger charge is -2.21. The zero-order valence-corrected chi connectivity index (χ0v) is 11.3. The molecule has 94 valence electrons. The Morgan fingerprint density at radius 1 is 1.41 bits per heavy atom. The fourth-order valence-corrected chi connectivity index (χ4v) is 2.28. The molecule has 0 bridgehead atoms. The fraction of sp³-hybridized carbons (Fsp3) is 0.571. The van der Waals surface area contributed by atoms with Gasteiger partial charge in [-0.15, -0.1) is 0 Å². The molecule has 1 fully saturated rings. The second-order valence-corrected chi connectivity index (χ2v) is 5.16. The minimum atomic E-state index is 0.781. The van der Waals surface area contributed by atoms with E-state index >= 15 is 0 Å². The van der Waals surface area contributed by atoms with Crippen LogP contribution >= 0.6 is 11.6 Å². The summed E-state index contributed by atoms with van der Waals surface area (Å²) in [6, 6.07) is 5.83. The quantitative estimate of drug-likeness (QED) is 0.768. The fourth-order valence-electron chi connectivity index (χ4n) is 2.08. The molecule has 1 saturated carbocycles. The Balaban J connectivity index is 2.06. The van der Waals surface area contributed by atoms with Gasteiger partial charge in [-0.25, -0.2) is 0 Å². The summed E-state index contributed by atoms with van der Waals surface area (Å²) in [6.07, 6.45) is 2.78. The molecule has 0 radical (unpaired) electrons. The number of methoxy groups -OCH3 is 1. The third-order valence-corrected chi connectivity index (χ3v) is 3.53. The van der Waals surface area contributed by atoms with Gasteiger partial charge in [0.05, 0.1) is 7.11 Å². The van der Waals surface area contributed by atoms with Gasteiger partial charge >= 0.3 is 0 Å². The van der Waals surface area contributed by atoms with Crippen LogP contribution in [0.15, 0.2) is 18.2 Å². The van der Waals surface area contributed by atoms with Crippen molar-refractivity contribution in [2.75, 3.05) is 20.2 Å². The molecule has 0 aliphatic heterocycles. The first-order valence-electron chi connectivity index (χ1n) is 6.27. The SMILES string of the molecule is CCN(Cc1cc(Cl)ccc1OC)CC1CC1. The van der Waals surface area contributed by atoms with Crippen LogP contribution in [0.1, 0.15) is 25.3 Å². The van der Waals surface area contributed by atoms with Crippen molar-refractivity contribution in [2.45, 2.75) is 26.3 Å². The molecule has 0 spiro atoms. The van der Waals surface area contributed by atoms with Crippen LogP contribution in [-0.4, -0.2) is 25.1 Å². The molecule has 0 unspecified atom stereocenters. The molecule has 0 atom stereocenters. The Hall–Kier alpha value is -0.730. The Morgan fingerprint density at radius 2 is 2.18 bits per heavy atom. The highest BCUT2D eigenvalue weighted by molar-refractivity contribution is 6.30. The van der Waals surface area contributed by atoms with Gasteiger partial charge in [-0.3, -0.25) is 4.90 Å². The van der Waals surface area contributed by atoms with Gasteiger partial charge in [0.1, 0.15) is 5.75 Å². The highest BCUT2D eigenvalue weighted by atomic mass is 35.5. The molecule has 0 heterocycles. The van der Waals surface area contributed by atoms with E-state index < -0.39 is 0 Å². The number of nitrogens with zero attached hydrogens (tertiary/aromatic N) is 1. The van der Waals surface area contributed by atoms with Gasteiger partial charge in [0, 0.05) is 23.7 Å². The molecule has 0 N–H and O–H groups in total. The molecule has 0 aromatic heterocycles. The van der Waals surface area contributed by atoms with Gasteiger partial charge in [0.2, 0.25) is 0 Å². The predicted molar refractivity (Wildman–Crippen MR) is 71.7 cm³/mol. The third-order valence-electron chi connectivity index (χ3n) is 3.30. The molecule has 0 amide bonds. The van der Waals surface area contributed by atoms with Crippen LogP contribution in [0.5, 0.6) is 5.75 Å². The molecule has 2 rings (SSSR count). The zero-order chi connectivity index (χ0) is 12.3. The number of hydrogen-bond acceptors (Lipinski definition) is 2. The minimum Gasteiger partial charge on any atom is -0.496 e. The summed E-state index contributed by atoms with van der Waals surface area (Å²) in [5.74, 6) is 1.85. The first kappa shape index (κ1) is 12.7. The van der Waals surface area contributed by atoms with Crippen molar-refractivity contribution in [1.29, 1.82) is 0 Å². The van der Waals surface area contributed by atoms with E-state index in [-0.39, 0.29) is 0 Å². The Kier molecular flexibility index (Phi) is 4.30. The normalized spacial score (nSPS) is 15.3. The van der Waals surface area contributed by atoms with Crippen LogP contribution < -0.4 is 4.74 Å². The smallest absolute Gasteiger partial charge is 0.123 e. The standard InChI is InChI=1S/C14H20ClNO/c1-3-16(9-11-4-5-11)10-12-8-13(15)6-7-14(12)17-2/h6-8,11H,3-5,9-10H2,1-2H3. The van der Waals surface area contributed by atoms with E-state index in [0.717, 1.165) is 29.8 Å². The number of halogens is 1. The second-order valence-electron chi connectivity index (χ2n) is 4.73. The number of benzene rings is 1. The van der Waals surface area contributed by atoms with Crippen LogP contribution in [0.3, 0.4) is 0 Å². The first-order valence-corrected chi connectivity index (χ1v) is 6.65. The molecule has 1 aliphatic carbocycles. The van der Waals surface area contributed by atoms with Crippen LogP contribution in [0.2, 0.25) is 5.02 Å². The van der Waals surface area contributed by atoms with Gasteiger partial charge in [-0.1, -0.05) is 18.5 Å². The van der Waals surface area contributed by atoms with Gasteiger partial charge in [-0.05, 0) is 43.5 Å². The van der Waals surface area contributed by atoms with Gasteiger partial charge in [-0.2, -0.15) is 0 Å². The summed E-state index contributed by atoms with van der Waals surface area (Å²) in [5.41, 5.74) is 1.18. The second kappa shape index (κ2) is 5.74. The predicted octanol–water partition coefficient (Wildman–Crippen LogP) is 3.58. The van der Waals surface area contributed by atoms with Gasteiger partial charge in [0.15, 0.2) is 0 Å². The first-order chi connectivity index (χ1) is 8.22. The molecule has 1 aromatic carbocycles. The lowest BCUT2D eigenvalue weighted by molar-refractivity contribution is 0.263. The number of rotatable bonds is 6.